The number of allylic oxidation sites excluding steroid dienone is 2. The molecule has 1 unspecified atom stereocenters. The Morgan fingerprint density at radius 3 is 1.91 bits per heavy atom. The van der Waals surface area contributed by atoms with Crippen molar-refractivity contribution in [1.82, 2.24) is 0 Å². The molecule has 0 saturated heterocycles. The second kappa shape index (κ2) is 8.51. The first-order valence-electron chi connectivity index (χ1n) is 10.3. The minimum absolute atomic E-state index is 0.0260. The van der Waals surface area contributed by atoms with Crippen LogP contribution in [0, 0.1) is 0 Å². The van der Waals surface area contributed by atoms with Crippen molar-refractivity contribution in [2.45, 2.75) is 51.4 Å². The molecule has 4 rings (SSSR count). The molecule has 0 aliphatic heterocycles. The van der Waals surface area contributed by atoms with Gasteiger partial charge in [0, 0.05) is 0 Å². The number of benzene rings is 2. The van der Waals surface area contributed by atoms with Crippen molar-refractivity contribution >= 4 is 31.9 Å². The van der Waals surface area contributed by atoms with Crippen LogP contribution < -0.4 is 8.37 Å². The lowest BCUT2D eigenvalue weighted by Gasteiger charge is -2.27. The van der Waals surface area contributed by atoms with Gasteiger partial charge in [0.15, 0.2) is 0 Å². The van der Waals surface area contributed by atoms with Gasteiger partial charge >= 0.3 is 20.8 Å². The summed E-state index contributed by atoms with van der Waals surface area (Å²) in [6, 6.07) is 10.0. The molecule has 0 amide bonds. The topological polar surface area (TPSA) is 127 Å². The lowest BCUT2D eigenvalue weighted by atomic mass is 9.78. The first-order chi connectivity index (χ1) is 15.0. The molecule has 0 bridgehead atoms. The van der Waals surface area contributed by atoms with Gasteiger partial charge in [0.05, 0.1) is 0 Å². The zero-order valence-electron chi connectivity index (χ0n) is 17.4. The lowest BCUT2D eigenvalue weighted by molar-refractivity contribution is 0.384. The van der Waals surface area contributed by atoms with Gasteiger partial charge < -0.3 is 8.37 Å². The van der Waals surface area contributed by atoms with Crippen LogP contribution in [0.5, 0.6) is 11.5 Å². The van der Waals surface area contributed by atoms with E-state index in [-0.39, 0.29) is 17.4 Å². The highest BCUT2D eigenvalue weighted by molar-refractivity contribution is 7.81. The summed E-state index contributed by atoms with van der Waals surface area (Å²) in [5, 5.41) is 0. The van der Waals surface area contributed by atoms with E-state index in [0.29, 0.717) is 6.42 Å². The van der Waals surface area contributed by atoms with Crippen LogP contribution >= 0.6 is 0 Å². The molecule has 0 radical (unpaired) electrons. The highest BCUT2D eigenvalue weighted by Gasteiger charge is 2.26. The fourth-order valence-corrected chi connectivity index (χ4v) is 5.41. The van der Waals surface area contributed by atoms with E-state index in [4.69, 9.17) is 9.11 Å². The molecule has 32 heavy (non-hydrogen) atoms. The predicted molar refractivity (Wildman–Crippen MR) is 119 cm³/mol. The van der Waals surface area contributed by atoms with Crippen LogP contribution in [0.3, 0.4) is 0 Å². The fourth-order valence-electron chi connectivity index (χ4n) is 4.72. The standard InChI is InChI=1S/C22H24O8S2/c1-14-11-15-12-16(29-31(23,24)25)7-9-18(15)19-5-3-2-4-6-20(19)21-10-8-17(13-22(14)21)30-32(26,27)28/h7-10,12-14H,2-6,11H2,1H3,(H,23,24,25)(H,26,27,28). The summed E-state index contributed by atoms with van der Waals surface area (Å²) in [4.78, 5) is 0. The van der Waals surface area contributed by atoms with E-state index < -0.39 is 20.8 Å². The largest absolute Gasteiger partial charge is 0.446 e. The summed E-state index contributed by atoms with van der Waals surface area (Å²) in [7, 11) is -9.29. The smallest absolute Gasteiger partial charge is 0.362 e. The van der Waals surface area contributed by atoms with Crippen LogP contribution in [-0.4, -0.2) is 25.9 Å². The molecule has 172 valence electrons. The molecule has 2 aliphatic rings. The number of hydrogen-bond donors (Lipinski definition) is 2. The highest BCUT2D eigenvalue weighted by Crippen LogP contribution is 2.45. The van der Waals surface area contributed by atoms with E-state index in [0.717, 1.165) is 54.4 Å². The van der Waals surface area contributed by atoms with E-state index >= 15 is 0 Å². The van der Waals surface area contributed by atoms with Crippen LogP contribution in [0.1, 0.15) is 67.2 Å². The summed E-state index contributed by atoms with van der Waals surface area (Å²) in [6.07, 6.45) is 5.37. The molecule has 0 spiro atoms. The molecule has 8 nitrogen and oxygen atoms in total. The molecule has 1 atom stereocenters. The van der Waals surface area contributed by atoms with Gasteiger partial charge in [-0.2, -0.15) is 16.8 Å². The lowest BCUT2D eigenvalue weighted by Crippen LogP contribution is -2.12. The van der Waals surface area contributed by atoms with Crippen molar-refractivity contribution in [1.29, 1.82) is 0 Å². The third kappa shape index (κ3) is 5.15. The van der Waals surface area contributed by atoms with E-state index in [9.17, 15) is 16.8 Å². The van der Waals surface area contributed by atoms with Crippen molar-refractivity contribution in [3.05, 3.63) is 58.7 Å². The number of fused-ring (bicyclic) bond motifs is 4. The summed E-state index contributed by atoms with van der Waals surface area (Å²) in [6.45, 7) is 1.98. The van der Waals surface area contributed by atoms with Crippen molar-refractivity contribution in [2.24, 2.45) is 0 Å². The van der Waals surface area contributed by atoms with E-state index in [2.05, 4.69) is 8.37 Å². The fraction of sp³-hybridized carbons (Fsp3) is 0.364. The molecule has 2 aromatic rings. The minimum Gasteiger partial charge on any atom is -0.362 e. The Morgan fingerprint density at radius 2 is 1.31 bits per heavy atom. The average Bonchev–Trinajstić information content (AvgIpc) is 2.90. The molecule has 0 saturated carbocycles. The predicted octanol–water partition coefficient (Wildman–Crippen LogP) is 4.58. The molecule has 0 aromatic heterocycles. The van der Waals surface area contributed by atoms with Gasteiger partial charge in [-0.05, 0) is 95.7 Å². The van der Waals surface area contributed by atoms with Crippen LogP contribution in [0.25, 0.3) is 11.1 Å². The molecule has 2 aliphatic carbocycles. The zero-order valence-corrected chi connectivity index (χ0v) is 19.1. The first kappa shape index (κ1) is 22.8. The molecule has 0 fully saturated rings. The summed E-state index contributed by atoms with van der Waals surface area (Å²) in [5.41, 5.74) is 6.16. The van der Waals surface area contributed by atoms with Gasteiger partial charge in [0.1, 0.15) is 11.5 Å². The maximum atomic E-state index is 11.2. The van der Waals surface area contributed by atoms with Crippen LogP contribution in [-0.2, 0) is 27.2 Å². The van der Waals surface area contributed by atoms with Gasteiger partial charge in [-0.1, -0.05) is 25.5 Å². The number of hydrogen-bond acceptors (Lipinski definition) is 6. The summed E-state index contributed by atoms with van der Waals surface area (Å²) in [5.74, 6) is -0.0245. The van der Waals surface area contributed by atoms with E-state index in [1.807, 2.05) is 19.1 Å². The highest BCUT2D eigenvalue weighted by atomic mass is 32.3. The molecule has 2 aromatic carbocycles. The van der Waals surface area contributed by atoms with Crippen molar-refractivity contribution < 1.29 is 34.3 Å². The van der Waals surface area contributed by atoms with Gasteiger partial charge in [0.25, 0.3) is 0 Å². The summed E-state index contributed by atoms with van der Waals surface area (Å²) < 4.78 is 72.3. The van der Waals surface area contributed by atoms with E-state index in [1.54, 1.807) is 24.3 Å². The Balaban J connectivity index is 1.90. The van der Waals surface area contributed by atoms with Gasteiger partial charge in [-0.15, -0.1) is 0 Å². The number of rotatable bonds is 4. The maximum Gasteiger partial charge on any atom is 0.446 e. The normalized spacial score (nSPS) is 19.0. The molecule has 10 heteroatoms. The van der Waals surface area contributed by atoms with Gasteiger partial charge in [-0.3, -0.25) is 9.11 Å². The average molecular weight is 481 g/mol. The molecule has 0 heterocycles. The van der Waals surface area contributed by atoms with Crippen LogP contribution in [0.2, 0.25) is 0 Å². The van der Waals surface area contributed by atoms with Crippen molar-refractivity contribution in [3.63, 3.8) is 0 Å². The SMILES string of the molecule is CC1Cc2cc(OS(=O)(=O)O)ccc2C2=C(CCCCC2)c2ccc(OS(=O)(=O)O)cc21. The first-order valence-corrected chi connectivity index (χ1v) is 13.1. The second-order valence-electron chi connectivity index (χ2n) is 8.21. The van der Waals surface area contributed by atoms with E-state index in [1.165, 1.54) is 11.1 Å². The monoisotopic (exact) mass is 480 g/mol. The zero-order chi connectivity index (χ0) is 23.1. The van der Waals surface area contributed by atoms with Gasteiger partial charge in [-0.25, -0.2) is 0 Å². The Morgan fingerprint density at radius 1 is 0.781 bits per heavy atom. The quantitative estimate of drug-likeness (QED) is 0.609. The summed E-state index contributed by atoms with van der Waals surface area (Å²) >= 11 is 0. The Bertz CT molecular complexity index is 1290. The Hall–Kier alpha value is -2.40. The Labute approximate surface area is 187 Å². The van der Waals surface area contributed by atoms with Crippen molar-refractivity contribution in [3.8, 4) is 11.5 Å². The molecular weight excluding hydrogens is 456 g/mol. The minimum atomic E-state index is -4.65. The Kier molecular flexibility index (Phi) is 6.06. The maximum absolute atomic E-state index is 11.2. The molecular formula is C22H24O8S2. The third-order valence-corrected chi connectivity index (χ3v) is 6.73. The second-order valence-corrected chi connectivity index (χ2v) is 10.3. The molecule has 2 N–H and O–H groups in total. The van der Waals surface area contributed by atoms with Crippen LogP contribution in [0.4, 0.5) is 0 Å². The van der Waals surface area contributed by atoms with Crippen molar-refractivity contribution in [2.75, 3.05) is 0 Å². The van der Waals surface area contributed by atoms with Crippen LogP contribution in [0.15, 0.2) is 36.4 Å². The van der Waals surface area contributed by atoms with Gasteiger partial charge in [0.2, 0.25) is 0 Å². The third-order valence-electron chi connectivity index (χ3n) is 5.93.